The zero-order chi connectivity index (χ0) is 18.0. The molecule has 5 heteroatoms. The van der Waals surface area contributed by atoms with E-state index in [1.54, 1.807) is 18.2 Å². The highest BCUT2D eigenvalue weighted by Gasteiger charge is 2.21. The minimum Gasteiger partial charge on any atom is -0.495 e. The Morgan fingerprint density at radius 2 is 1.64 bits per heavy atom. The van der Waals surface area contributed by atoms with Crippen molar-refractivity contribution in [2.75, 3.05) is 11.8 Å². The van der Waals surface area contributed by atoms with Gasteiger partial charge in [0.2, 0.25) is 0 Å². The molecule has 0 aromatic heterocycles. The van der Waals surface area contributed by atoms with Crippen LogP contribution in [0.25, 0.3) is 10.8 Å². The summed E-state index contributed by atoms with van der Waals surface area (Å²) >= 11 is 0. The van der Waals surface area contributed by atoms with Crippen molar-refractivity contribution in [3.05, 3.63) is 66.2 Å². The molecule has 0 aliphatic heterocycles. The number of hydrogen-bond acceptors (Lipinski definition) is 3. The fourth-order valence-electron chi connectivity index (χ4n) is 2.73. The maximum Gasteiger partial charge on any atom is 0.265 e. The van der Waals surface area contributed by atoms with Crippen molar-refractivity contribution in [1.82, 2.24) is 0 Å². The summed E-state index contributed by atoms with van der Waals surface area (Å²) in [7, 11) is -2.28. The lowest BCUT2D eigenvalue weighted by Crippen LogP contribution is -2.14. The summed E-state index contributed by atoms with van der Waals surface area (Å²) in [5, 5.41) is 2.04. The Bertz CT molecular complexity index is 1010. The van der Waals surface area contributed by atoms with Gasteiger partial charge in [0.1, 0.15) is 10.6 Å². The van der Waals surface area contributed by atoms with E-state index in [1.165, 1.54) is 7.11 Å². The highest BCUT2D eigenvalue weighted by molar-refractivity contribution is 7.92. The highest BCUT2D eigenvalue weighted by atomic mass is 32.2. The molecule has 25 heavy (non-hydrogen) atoms. The molecule has 4 nitrogen and oxygen atoms in total. The number of methoxy groups -OCH3 is 1. The summed E-state index contributed by atoms with van der Waals surface area (Å²) in [6, 6.07) is 18.6. The van der Waals surface area contributed by atoms with E-state index in [0.717, 1.165) is 16.3 Å². The molecular weight excluding hydrogens is 334 g/mol. The Morgan fingerprint density at radius 1 is 0.920 bits per heavy atom. The Kier molecular flexibility index (Phi) is 4.68. The van der Waals surface area contributed by atoms with Crippen LogP contribution in [0, 0.1) is 0 Å². The number of ether oxygens (including phenoxy) is 1. The molecule has 3 aromatic rings. The number of fused-ring (bicyclic) bond motifs is 1. The van der Waals surface area contributed by atoms with Crippen LogP contribution in [0.4, 0.5) is 5.69 Å². The molecule has 0 unspecified atom stereocenters. The van der Waals surface area contributed by atoms with Gasteiger partial charge in [-0.25, -0.2) is 8.42 Å². The second-order valence-electron chi connectivity index (χ2n) is 6.23. The molecule has 0 spiro atoms. The number of hydrogen-bond donors (Lipinski definition) is 1. The van der Waals surface area contributed by atoms with Gasteiger partial charge in [-0.15, -0.1) is 0 Å². The van der Waals surface area contributed by atoms with Crippen molar-refractivity contribution < 1.29 is 13.2 Å². The third-order valence-electron chi connectivity index (χ3n) is 4.15. The van der Waals surface area contributed by atoms with E-state index < -0.39 is 10.0 Å². The molecule has 0 heterocycles. The number of rotatable bonds is 5. The Balaban J connectivity index is 2.02. The molecule has 0 amide bonds. The molecule has 0 saturated heterocycles. The lowest BCUT2D eigenvalue weighted by Gasteiger charge is -2.14. The summed E-state index contributed by atoms with van der Waals surface area (Å²) in [6.45, 7) is 4.05. The molecule has 0 saturated carbocycles. The zero-order valence-electron chi connectivity index (χ0n) is 14.5. The first-order valence-corrected chi connectivity index (χ1v) is 9.58. The van der Waals surface area contributed by atoms with Crippen LogP contribution in [0.1, 0.15) is 25.3 Å². The monoisotopic (exact) mass is 355 g/mol. The summed E-state index contributed by atoms with van der Waals surface area (Å²) in [6.07, 6.45) is 0. The molecule has 130 valence electrons. The van der Waals surface area contributed by atoms with Crippen molar-refractivity contribution in [2.24, 2.45) is 0 Å². The summed E-state index contributed by atoms with van der Waals surface area (Å²) in [4.78, 5) is 0.148. The van der Waals surface area contributed by atoms with Gasteiger partial charge in [-0.1, -0.05) is 50.2 Å². The zero-order valence-corrected chi connectivity index (χ0v) is 15.3. The van der Waals surface area contributed by atoms with Gasteiger partial charge in [-0.2, -0.15) is 0 Å². The van der Waals surface area contributed by atoms with E-state index >= 15 is 0 Å². The molecule has 3 aromatic carbocycles. The van der Waals surface area contributed by atoms with Crippen LogP contribution in [-0.4, -0.2) is 15.5 Å². The molecule has 3 rings (SSSR count). The van der Waals surface area contributed by atoms with Crippen LogP contribution in [0.3, 0.4) is 0 Å². The fraction of sp³-hybridized carbons (Fsp3) is 0.200. The summed E-state index contributed by atoms with van der Waals surface area (Å²) < 4.78 is 33.7. The van der Waals surface area contributed by atoms with Gasteiger partial charge in [0.15, 0.2) is 0 Å². The predicted molar refractivity (Wildman–Crippen MR) is 102 cm³/mol. The van der Waals surface area contributed by atoms with Gasteiger partial charge in [0, 0.05) is 5.69 Å². The maximum absolute atomic E-state index is 12.9. The van der Waals surface area contributed by atoms with Crippen LogP contribution >= 0.6 is 0 Å². The van der Waals surface area contributed by atoms with Gasteiger partial charge in [0.25, 0.3) is 10.0 Å². The van der Waals surface area contributed by atoms with Crippen molar-refractivity contribution >= 4 is 26.5 Å². The lowest BCUT2D eigenvalue weighted by molar-refractivity contribution is 0.402. The van der Waals surface area contributed by atoms with E-state index in [1.807, 2.05) is 56.3 Å². The van der Waals surface area contributed by atoms with Crippen molar-refractivity contribution in [3.8, 4) is 5.75 Å². The topological polar surface area (TPSA) is 55.4 Å². The van der Waals surface area contributed by atoms with Crippen LogP contribution < -0.4 is 9.46 Å². The largest absolute Gasteiger partial charge is 0.495 e. The van der Waals surface area contributed by atoms with Gasteiger partial charge < -0.3 is 4.74 Å². The van der Waals surface area contributed by atoms with Crippen LogP contribution in [0.5, 0.6) is 5.75 Å². The summed E-state index contributed by atoms with van der Waals surface area (Å²) in [5.41, 5.74) is 1.47. The molecule has 0 fully saturated rings. The smallest absolute Gasteiger partial charge is 0.265 e. The minimum absolute atomic E-state index is 0.148. The number of anilines is 1. The quantitative estimate of drug-likeness (QED) is 0.717. The van der Waals surface area contributed by atoms with Crippen LogP contribution in [0.15, 0.2) is 65.6 Å². The standard InChI is InChI=1S/C20H21NO3S/c1-14(2)16-9-11-19(24-3)20(13-16)25(22,23)21-18-10-8-15-6-4-5-7-17(15)12-18/h4-14,21H,1-3H3. The fourth-order valence-corrected chi connectivity index (χ4v) is 3.98. The van der Waals surface area contributed by atoms with Crippen molar-refractivity contribution in [3.63, 3.8) is 0 Å². The first-order chi connectivity index (χ1) is 11.9. The van der Waals surface area contributed by atoms with Crippen molar-refractivity contribution in [2.45, 2.75) is 24.7 Å². The molecule has 0 atom stereocenters. The van der Waals surface area contributed by atoms with E-state index in [4.69, 9.17) is 4.74 Å². The first-order valence-electron chi connectivity index (χ1n) is 8.10. The molecule has 0 radical (unpaired) electrons. The van der Waals surface area contributed by atoms with Gasteiger partial charge in [0.05, 0.1) is 7.11 Å². The van der Waals surface area contributed by atoms with E-state index in [2.05, 4.69) is 4.72 Å². The van der Waals surface area contributed by atoms with Crippen LogP contribution in [-0.2, 0) is 10.0 Å². The van der Waals surface area contributed by atoms with E-state index in [9.17, 15) is 8.42 Å². The maximum atomic E-state index is 12.9. The average Bonchev–Trinajstić information content (AvgIpc) is 2.60. The number of sulfonamides is 1. The summed E-state index contributed by atoms with van der Waals surface area (Å²) in [5.74, 6) is 0.554. The predicted octanol–water partition coefficient (Wildman–Crippen LogP) is 4.77. The number of nitrogens with one attached hydrogen (secondary N) is 1. The second kappa shape index (κ2) is 6.76. The van der Waals surface area contributed by atoms with Gasteiger partial charge in [-0.05, 0) is 46.5 Å². The molecule has 0 aliphatic carbocycles. The lowest BCUT2D eigenvalue weighted by atomic mass is 10.0. The minimum atomic E-state index is -3.76. The first kappa shape index (κ1) is 17.3. The van der Waals surface area contributed by atoms with E-state index in [-0.39, 0.29) is 10.8 Å². The van der Waals surface area contributed by atoms with Crippen molar-refractivity contribution in [1.29, 1.82) is 0 Å². The third kappa shape index (κ3) is 3.61. The third-order valence-corrected chi connectivity index (χ3v) is 5.55. The highest BCUT2D eigenvalue weighted by Crippen LogP contribution is 2.30. The normalized spacial score (nSPS) is 11.7. The Morgan fingerprint density at radius 3 is 2.32 bits per heavy atom. The second-order valence-corrected chi connectivity index (χ2v) is 7.88. The van der Waals surface area contributed by atoms with Gasteiger partial charge in [-0.3, -0.25) is 4.72 Å². The molecule has 0 aliphatic rings. The SMILES string of the molecule is COc1ccc(C(C)C)cc1S(=O)(=O)Nc1ccc2ccccc2c1. The number of benzene rings is 3. The van der Waals surface area contributed by atoms with Gasteiger partial charge >= 0.3 is 0 Å². The van der Waals surface area contributed by atoms with Crippen LogP contribution in [0.2, 0.25) is 0 Å². The molecule has 1 N–H and O–H groups in total. The Labute approximate surface area is 148 Å². The Hall–Kier alpha value is -2.53. The molecular formula is C20H21NO3S. The van der Waals surface area contributed by atoms with E-state index in [0.29, 0.717) is 11.4 Å². The molecule has 0 bridgehead atoms. The average molecular weight is 355 g/mol.